The summed E-state index contributed by atoms with van der Waals surface area (Å²) in [7, 11) is 1.86. The first-order valence-corrected chi connectivity index (χ1v) is 8.35. The van der Waals surface area contributed by atoms with Gasteiger partial charge in [-0.05, 0) is 24.8 Å². The molecule has 9 heteroatoms. The first kappa shape index (κ1) is 16.9. The zero-order chi connectivity index (χ0) is 17.8. The molecule has 3 aromatic rings. The van der Waals surface area contributed by atoms with Crippen LogP contribution >= 0.6 is 11.8 Å². The second-order valence-electron chi connectivity index (χ2n) is 5.34. The highest BCUT2D eigenvalue weighted by molar-refractivity contribution is 8.02. The van der Waals surface area contributed by atoms with E-state index in [0.29, 0.717) is 22.0 Å². The van der Waals surface area contributed by atoms with Crippen molar-refractivity contribution >= 4 is 36.1 Å². The van der Waals surface area contributed by atoms with Crippen LogP contribution in [0.1, 0.15) is 12.7 Å². The van der Waals surface area contributed by atoms with Crippen molar-refractivity contribution in [2.75, 3.05) is 5.32 Å². The summed E-state index contributed by atoms with van der Waals surface area (Å²) in [6.07, 6.45) is 7.21. The quantitative estimate of drug-likeness (QED) is 0.666. The summed E-state index contributed by atoms with van der Waals surface area (Å²) >= 11 is 1.48. The molecule has 0 amide bonds. The van der Waals surface area contributed by atoms with E-state index in [0.717, 1.165) is 16.1 Å². The smallest absolute Gasteiger partial charge is 0.212 e. The van der Waals surface area contributed by atoms with Crippen molar-refractivity contribution in [3.8, 4) is 0 Å². The van der Waals surface area contributed by atoms with Gasteiger partial charge in [-0.3, -0.25) is 9.78 Å². The first-order valence-electron chi connectivity index (χ1n) is 7.53. The third kappa shape index (κ3) is 4.32. The van der Waals surface area contributed by atoms with E-state index >= 15 is 0 Å². The molecule has 0 atom stereocenters. The van der Waals surface area contributed by atoms with Crippen LogP contribution in [0.4, 0.5) is 11.6 Å². The minimum absolute atomic E-state index is 0.628. The fourth-order valence-electron chi connectivity index (χ4n) is 2.02. The van der Waals surface area contributed by atoms with Gasteiger partial charge in [0.25, 0.3) is 0 Å². The molecule has 0 aromatic carbocycles. The molecular formula is C16H18N8S. The largest absolute Gasteiger partial charge is 0.323 e. The summed E-state index contributed by atoms with van der Waals surface area (Å²) in [5.74, 6) is 2.13. The summed E-state index contributed by atoms with van der Waals surface area (Å²) in [6, 6.07) is 1.87. The normalized spacial score (nSPS) is 12.6. The number of allylic oxidation sites excluding steroid dienone is 2. The van der Waals surface area contributed by atoms with E-state index in [2.05, 4.69) is 42.1 Å². The Morgan fingerprint density at radius 3 is 2.92 bits per heavy atom. The van der Waals surface area contributed by atoms with Crippen LogP contribution in [0.5, 0.6) is 0 Å². The lowest BCUT2D eigenvalue weighted by Gasteiger charge is -2.02. The molecule has 3 heterocycles. The van der Waals surface area contributed by atoms with E-state index < -0.39 is 0 Å². The summed E-state index contributed by atoms with van der Waals surface area (Å²) in [5.41, 5.74) is 0. The van der Waals surface area contributed by atoms with Gasteiger partial charge < -0.3 is 5.32 Å². The second-order valence-corrected chi connectivity index (χ2v) is 6.55. The highest BCUT2D eigenvalue weighted by atomic mass is 32.2. The van der Waals surface area contributed by atoms with E-state index in [4.69, 9.17) is 0 Å². The number of anilines is 2. The van der Waals surface area contributed by atoms with E-state index in [1.807, 2.05) is 45.3 Å². The van der Waals surface area contributed by atoms with Crippen LogP contribution in [0.3, 0.4) is 0 Å². The molecule has 0 aliphatic heterocycles. The van der Waals surface area contributed by atoms with Crippen LogP contribution < -0.4 is 15.9 Å². The van der Waals surface area contributed by atoms with E-state index in [-0.39, 0.29) is 0 Å². The Labute approximate surface area is 148 Å². The summed E-state index contributed by atoms with van der Waals surface area (Å²) < 4.78 is 1.72. The molecule has 25 heavy (non-hydrogen) atoms. The van der Waals surface area contributed by atoms with Crippen LogP contribution in [-0.4, -0.2) is 34.9 Å². The van der Waals surface area contributed by atoms with Crippen molar-refractivity contribution < 1.29 is 0 Å². The maximum absolute atomic E-state index is 4.28. The van der Waals surface area contributed by atoms with Gasteiger partial charge in [-0.1, -0.05) is 24.4 Å². The molecule has 2 N–H and O–H groups in total. The molecule has 0 spiro atoms. The van der Waals surface area contributed by atoms with Crippen LogP contribution in [0.15, 0.2) is 34.7 Å². The molecule has 3 aromatic heterocycles. The maximum atomic E-state index is 4.28. The molecule has 0 fully saturated rings. The minimum Gasteiger partial charge on any atom is -0.323 e. The highest BCUT2D eigenvalue weighted by Gasteiger charge is 2.02. The van der Waals surface area contributed by atoms with E-state index in [1.54, 1.807) is 4.68 Å². The molecule has 0 saturated carbocycles. The topological polar surface area (TPSA) is 97.2 Å². The van der Waals surface area contributed by atoms with Crippen molar-refractivity contribution in [1.82, 2.24) is 34.9 Å². The number of nitrogens with one attached hydrogen (secondary N) is 2. The SMILES string of the molecule is C=c1c(Nc2ccn(C)n2)ncn/c1=C/C=C(\C)Sc1n[nH]c(C)n1. The zero-order valence-electron chi connectivity index (χ0n) is 14.2. The Kier molecular flexibility index (Phi) is 4.94. The number of H-pyrrole nitrogens is 1. The number of nitrogens with zero attached hydrogens (tertiary/aromatic N) is 6. The standard InChI is InChI=1S/C16H18N8S/c1-10(25-16-19-12(3)21-22-16)5-6-13-11(2)15(18-9-17-13)20-14-7-8-24(4)23-14/h5-9H,2H2,1,3-4H3,(H,19,21,22)(H,17,18,20,23)/b10-5+,13-6+. The van der Waals surface area contributed by atoms with Gasteiger partial charge in [0.15, 0.2) is 5.82 Å². The summed E-state index contributed by atoms with van der Waals surface area (Å²) in [6.45, 7) is 7.93. The van der Waals surface area contributed by atoms with Gasteiger partial charge >= 0.3 is 0 Å². The average Bonchev–Trinajstić information content (AvgIpc) is 3.16. The Morgan fingerprint density at radius 2 is 2.24 bits per heavy atom. The van der Waals surface area contributed by atoms with Gasteiger partial charge in [-0.15, -0.1) is 5.10 Å². The lowest BCUT2D eigenvalue weighted by Crippen LogP contribution is -2.30. The number of rotatable bonds is 5. The Hall–Kier alpha value is -2.94. The zero-order valence-corrected chi connectivity index (χ0v) is 15.0. The minimum atomic E-state index is 0.628. The predicted octanol–water partition coefficient (Wildman–Crippen LogP) is 1.27. The van der Waals surface area contributed by atoms with Gasteiger partial charge in [0.1, 0.15) is 18.0 Å². The van der Waals surface area contributed by atoms with Gasteiger partial charge in [0.05, 0.1) is 5.35 Å². The Morgan fingerprint density at radius 1 is 1.40 bits per heavy atom. The molecule has 0 bridgehead atoms. The fraction of sp³-hybridized carbons (Fsp3) is 0.188. The van der Waals surface area contributed by atoms with E-state index in [9.17, 15) is 0 Å². The number of hydrogen-bond donors (Lipinski definition) is 2. The van der Waals surface area contributed by atoms with Crippen molar-refractivity contribution in [2.45, 2.75) is 19.0 Å². The van der Waals surface area contributed by atoms with Crippen molar-refractivity contribution in [1.29, 1.82) is 0 Å². The van der Waals surface area contributed by atoms with Gasteiger partial charge in [0, 0.05) is 24.5 Å². The first-order chi connectivity index (χ1) is 12.0. The van der Waals surface area contributed by atoms with Gasteiger partial charge in [-0.25, -0.2) is 15.0 Å². The summed E-state index contributed by atoms with van der Waals surface area (Å²) in [4.78, 5) is 13.8. The lowest BCUT2D eigenvalue weighted by atomic mass is 10.3. The third-order valence-electron chi connectivity index (χ3n) is 3.24. The van der Waals surface area contributed by atoms with Gasteiger partial charge in [0.2, 0.25) is 5.16 Å². The Balaban J connectivity index is 1.81. The molecule has 0 aliphatic rings. The monoisotopic (exact) mass is 354 g/mol. The number of thioether (sulfide) groups is 1. The number of aryl methyl sites for hydroxylation is 2. The van der Waals surface area contributed by atoms with Gasteiger partial charge in [-0.2, -0.15) is 5.10 Å². The number of aromatic amines is 1. The van der Waals surface area contributed by atoms with Crippen LogP contribution in [0, 0.1) is 6.92 Å². The number of aromatic nitrogens is 7. The summed E-state index contributed by atoms with van der Waals surface area (Å²) in [5, 5.41) is 16.5. The molecule has 0 saturated heterocycles. The third-order valence-corrected chi connectivity index (χ3v) is 4.07. The molecule has 8 nitrogen and oxygen atoms in total. The molecule has 3 rings (SSSR count). The molecule has 0 radical (unpaired) electrons. The van der Waals surface area contributed by atoms with Crippen molar-refractivity contribution in [3.63, 3.8) is 0 Å². The lowest BCUT2D eigenvalue weighted by molar-refractivity contribution is 0.771. The number of hydrogen-bond acceptors (Lipinski definition) is 7. The predicted molar refractivity (Wildman–Crippen MR) is 98.5 cm³/mol. The molecule has 0 aliphatic carbocycles. The van der Waals surface area contributed by atoms with Crippen LogP contribution in [0.25, 0.3) is 12.7 Å². The highest BCUT2D eigenvalue weighted by Crippen LogP contribution is 2.21. The Bertz CT molecular complexity index is 1020. The van der Waals surface area contributed by atoms with Crippen molar-refractivity contribution in [2.24, 2.45) is 7.05 Å². The van der Waals surface area contributed by atoms with Crippen molar-refractivity contribution in [3.05, 3.63) is 46.0 Å². The maximum Gasteiger partial charge on any atom is 0.212 e. The van der Waals surface area contributed by atoms with E-state index in [1.165, 1.54) is 18.1 Å². The fourth-order valence-corrected chi connectivity index (χ4v) is 2.72. The molecule has 128 valence electrons. The average molecular weight is 354 g/mol. The molecule has 0 unspecified atom stereocenters. The molecular weight excluding hydrogens is 336 g/mol. The van der Waals surface area contributed by atoms with Crippen LogP contribution in [0.2, 0.25) is 0 Å². The van der Waals surface area contributed by atoms with Crippen LogP contribution in [-0.2, 0) is 7.05 Å². The second kappa shape index (κ2) is 7.31.